The van der Waals surface area contributed by atoms with Crippen molar-refractivity contribution >= 4 is 46.1 Å². The first-order valence-corrected chi connectivity index (χ1v) is 11.9. The number of aromatic nitrogens is 2. The van der Waals surface area contributed by atoms with Gasteiger partial charge >= 0.3 is 0 Å². The molecule has 1 N–H and O–H groups in total. The summed E-state index contributed by atoms with van der Waals surface area (Å²) in [6.45, 7) is 2.81. The molecule has 2 aliphatic heterocycles. The first kappa shape index (κ1) is 22.3. The van der Waals surface area contributed by atoms with Gasteiger partial charge in [0.2, 0.25) is 11.9 Å². The number of imidazole rings is 1. The maximum atomic E-state index is 12.7. The molecule has 2 saturated heterocycles. The van der Waals surface area contributed by atoms with Crippen LogP contribution in [0.1, 0.15) is 19.3 Å². The number of ether oxygens (including phenoxy) is 2. The molecule has 0 bridgehead atoms. The molecule has 1 atom stereocenters. The van der Waals surface area contributed by atoms with E-state index in [-0.39, 0.29) is 17.9 Å². The Labute approximate surface area is 202 Å². The third-order valence-electron chi connectivity index (χ3n) is 6.43. The Morgan fingerprint density at radius 1 is 1.12 bits per heavy atom. The molecule has 7 nitrogen and oxygen atoms in total. The van der Waals surface area contributed by atoms with Crippen molar-refractivity contribution < 1.29 is 14.3 Å². The van der Waals surface area contributed by atoms with Crippen molar-refractivity contribution in [2.24, 2.45) is 5.92 Å². The number of nitrogens with zero attached hydrogens (tertiary/aromatic N) is 3. The van der Waals surface area contributed by atoms with Crippen LogP contribution in [-0.4, -0.2) is 54.9 Å². The number of hydrogen-bond acceptors (Lipinski definition) is 5. The summed E-state index contributed by atoms with van der Waals surface area (Å²) in [4.78, 5) is 19.9. The molecule has 1 unspecified atom stereocenters. The van der Waals surface area contributed by atoms with Gasteiger partial charge in [0.05, 0.1) is 40.8 Å². The molecule has 2 aliphatic rings. The third kappa shape index (κ3) is 4.50. The van der Waals surface area contributed by atoms with Crippen molar-refractivity contribution in [3.8, 4) is 11.4 Å². The number of hydrogen-bond donors (Lipinski definition) is 1. The number of fused-ring (bicyclic) bond motifs is 1. The monoisotopic (exact) mass is 488 g/mol. The van der Waals surface area contributed by atoms with Gasteiger partial charge in [-0.3, -0.25) is 9.36 Å². The quantitative estimate of drug-likeness (QED) is 0.573. The van der Waals surface area contributed by atoms with Crippen molar-refractivity contribution in [1.82, 2.24) is 14.9 Å². The molecular formula is C24H26Cl2N4O3. The first-order valence-electron chi connectivity index (χ1n) is 11.2. The molecule has 5 rings (SSSR count). The number of halogens is 2. The van der Waals surface area contributed by atoms with Crippen LogP contribution in [-0.2, 0) is 9.53 Å². The smallest absolute Gasteiger partial charge is 0.223 e. The number of methoxy groups -OCH3 is 1. The van der Waals surface area contributed by atoms with Crippen molar-refractivity contribution in [2.45, 2.75) is 25.3 Å². The molecule has 9 heteroatoms. The number of carbonyl (C=O) groups is 1. The summed E-state index contributed by atoms with van der Waals surface area (Å²) < 4.78 is 12.8. The molecular weight excluding hydrogens is 463 g/mol. The highest BCUT2D eigenvalue weighted by atomic mass is 35.5. The van der Waals surface area contributed by atoms with Gasteiger partial charge in [0.1, 0.15) is 5.75 Å². The second-order valence-corrected chi connectivity index (χ2v) is 9.35. The lowest BCUT2D eigenvalue weighted by Crippen LogP contribution is -2.44. The Kier molecular flexibility index (Phi) is 6.36. The highest BCUT2D eigenvalue weighted by Gasteiger charge is 2.30. The van der Waals surface area contributed by atoms with Crippen molar-refractivity contribution in [3.63, 3.8) is 0 Å². The number of amides is 1. The van der Waals surface area contributed by atoms with Gasteiger partial charge in [0, 0.05) is 31.3 Å². The van der Waals surface area contributed by atoms with E-state index in [1.165, 1.54) is 0 Å². The van der Waals surface area contributed by atoms with Gasteiger partial charge in [-0.05, 0) is 55.7 Å². The van der Waals surface area contributed by atoms with Gasteiger partial charge in [-0.2, -0.15) is 0 Å². The van der Waals surface area contributed by atoms with Crippen LogP contribution in [0.5, 0.6) is 5.75 Å². The summed E-state index contributed by atoms with van der Waals surface area (Å²) in [5, 5.41) is 4.10. The molecule has 2 fully saturated rings. The van der Waals surface area contributed by atoms with Gasteiger partial charge in [0.25, 0.3) is 0 Å². The van der Waals surface area contributed by atoms with Crippen molar-refractivity contribution in [2.75, 3.05) is 38.3 Å². The topological polar surface area (TPSA) is 68.6 Å². The van der Waals surface area contributed by atoms with Crippen LogP contribution in [0, 0.1) is 5.92 Å². The minimum Gasteiger partial charge on any atom is -0.497 e. The van der Waals surface area contributed by atoms with Crippen molar-refractivity contribution in [3.05, 3.63) is 46.4 Å². The lowest BCUT2D eigenvalue weighted by atomic mass is 9.95. The molecule has 3 heterocycles. The highest BCUT2D eigenvalue weighted by Crippen LogP contribution is 2.34. The summed E-state index contributed by atoms with van der Waals surface area (Å²) in [6, 6.07) is 11.6. The van der Waals surface area contributed by atoms with Crippen molar-refractivity contribution in [1.29, 1.82) is 0 Å². The Hall–Kier alpha value is -2.48. The molecule has 2 aromatic carbocycles. The van der Waals surface area contributed by atoms with Crippen LogP contribution >= 0.6 is 23.2 Å². The summed E-state index contributed by atoms with van der Waals surface area (Å²) in [5.41, 5.74) is 2.61. The molecule has 174 valence electrons. The van der Waals surface area contributed by atoms with E-state index in [0.29, 0.717) is 16.7 Å². The fourth-order valence-electron chi connectivity index (χ4n) is 4.57. The predicted molar refractivity (Wildman–Crippen MR) is 130 cm³/mol. The lowest BCUT2D eigenvalue weighted by Gasteiger charge is -2.32. The number of rotatable bonds is 5. The van der Waals surface area contributed by atoms with Gasteiger partial charge in [0.15, 0.2) is 0 Å². The number of benzene rings is 2. The summed E-state index contributed by atoms with van der Waals surface area (Å²) in [5.74, 6) is 1.73. The zero-order valence-corrected chi connectivity index (χ0v) is 19.9. The van der Waals surface area contributed by atoms with E-state index < -0.39 is 0 Å². The molecule has 3 aromatic rings. The van der Waals surface area contributed by atoms with E-state index in [0.717, 1.165) is 67.4 Å². The molecule has 33 heavy (non-hydrogen) atoms. The van der Waals surface area contributed by atoms with Crippen LogP contribution in [0.4, 0.5) is 5.95 Å². The molecule has 1 aromatic heterocycles. The first-order chi connectivity index (χ1) is 16.0. The zero-order chi connectivity index (χ0) is 22.9. The number of piperidine rings is 1. The normalized spacial score (nSPS) is 19.2. The summed E-state index contributed by atoms with van der Waals surface area (Å²) in [7, 11) is 1.65. The van der Waals surface area contributed by atoms with Crippen LogP contribution in [0.25, 0.3) is 16.7 Å². The molecule has 0 saturated carbocycles. The Morgan fingerprint density at radius 3 is 2.52 bits per heavy atom. The van der Waals surface area contributed by atoms with Crippen LogP contribution in [0.3, 0.4) is 0 Å². The van der Waals surface area contributed by atoms with Crippen LogP contribution < -0.4 is 15.0 Å². The average Bonchev–Trinajstić information content (AvgIpc) is 3.47. The molecule has 0 aliphatic carbocycles. The average molecular weight is 489 g/mol. The largest absolute Gasteiger partial charge is 0.497 e. The van der Waals surface area contributed by atoms with Gasteiger partial charge in [-0.15, -0.1) is 0 Å². The third-order valence-corrected chi connectivity index (χ3v) is 7.16. The standard InChI is InChI=1S/C24H26Cl2N4O3/c1-32-18-4-2-17(3-5-18)30-22-13-20(26)19(25)12-21(22)28-24(30)29-9-6-15(7-10-29)23(31)27-16-8-11-33-14-16/h2-5,12-13,15-16H,6-11,14H2,1H3,(H,27,31). The van der Waals surface area contributed by atoms with Gasteiger partial charge in [-0.1, -0.05) is 23.2 Å². The fraction of sp³-hybridized carbons (Fsp3) is 0.417. The maximum Gasteiger partial charge on any atom is 0.223 e. The number of nitrogens with one attached hydrogen (secondary N) is 1. The van der Waals surface area contributed by atoms with Gasteiger partial charge < -0.3 is 19.7 Å². The zero-order valence-electron chi connectivity index (χ0n) is 18.4. The minimum atomic E-state index is 0.00422. The SMILES string of the molecule is COc1ccc(-n2c(N3CCC(C(=O)NC4CCOC4)CC3)nc3cc(Cl)c(Cl)cc32)cc1. The predicted octanol–water partition coefficient (Wildman–Crippen LogP) is 4.46. The fourth-order valence-corrected chi connectivity index (χ4v) is 4.88. The van der Waals surface area contributed by atoms with Crippen LogP contribution in [0.2, 0.25) is 10.0 Å². The second-order valence-electron chi connectivity index (χ2n) is 8.53. The molecule has 0 radical (unpaired) electrons. The Bertz CT molecular complexity index is 1150. The van der Waals surface area contributed by atoms with E-state index in [4.69, 9.17) is 37.7 Å². The molecule has 1 amide bonds. The van der Waals surface area contributed by atoms with E-state index in [1.807, 2.05) is 30.3 Å². The molecule has 0 spiro atoms. The number of anilines is 1. The van der Waals surface area contributed by atoms with E-state index in [2.05, 4.69) is 14.8 Å². The van der Waals surface area contributed by atoms with E-state index in [9.17, 15) is 4.79 Å². The highest BCUT2D eigenvalue weighted by molar-refractivity contribution is 6.42. The lowest BCUT2D eigenvalue weighted by molar-refractivity contribution is -0.126. The Morgan fingerprint density at radius 2 is 1.85 bits per heavy atom. The minimum absolute atomic E-state index is 0.00422. The maximum absolute atomic E-state index is 12.7. The van der Waals surface area contributed by atoms with E-state index in [1.54, 1.807) is 13.2 Å². The second kappa shape index (κ2) is 9.41. The van der Waals surface area contributed by atoms with Gasteiger partial charge in [-0.25, -0.2) is 4.98 Å². The van der Waals surface area contributed by atoms with E-state index >= 15 is 0 Å². The summed E-state index contributed by atoms with van der Waals surface area (Å²) >= 11 is 12.6. The number of carbonyl (C=O) groups excluding carboxylic acids is 1. The Balaban J connectivity index is 1.42. The summed E-state index contributed by atoms with van der Waals surface area (Å²) in [6.07, 6.45) is 2.43. The van der Waals surface area contributed by atoms with Crippen LogP contribution in [0.15, 0.2) is 36.4 Å².